The van der Waals surface area contributed by atoms with Crippen molar-refractivity contribution >= 4 is 29.2 Å². The summed E-state index contributed by atoms with van der Waals surface area (Å²) in [4.78, 5) is 4.23. The first-order valence-corrected chi connectivity index (χ1v) is 7.55. The second-order valence-corrected chi connectivity index (χ2v) is 6.46. The molecule has 0 radical (unpaired) electrons. The van der Waals surface area contributed by atoms with Gasteiger partial charge in [-0.05, 0) is 30.7 Å². The lowest BCUT2D eigenvalue weighted by atomic mass is 9.86. The molecule has 0 fully saturated rings. The zero-order valence-electron chi connectivity index (χ0n) is 11.3. The summed E-state index contributed by atoms with van der Waals surface area (Å²) in [6.07, 6.45) is 4.69. The Kier molecular flexibility index (Phi) is 6.45. The van der Waals surface area contributed by atoms with Crippen molar-refractivity contribution in [2.24, 2.45) is 16.3 Å². The molecule has 1 aromatic heterocycles. The van der Waals surface area contributed by atoms with Crippen LogP contribution in [0.15, 0.2) is 28.5 Å². The quantitative estimate of drug-likeness (QED) is 0.201. The molecule has 4 nitrogen and oxygen atoms in total. The number of hydrogen-bond acceptors (Lipinski definition) is 4. The zero-order valence-corrected chi connectivity index (χ0v) is 12.8. The van der Waals surface area contributed by atoms with Crippen LogP contribution in [0.25, 0.3) is 0 Å². The number of rotatable bonds is 7. The lowest BCUT2D eigenvalue weighted by molar-refractivity contribution is 0.304. The number of pyridine rings is 1. The minimum absolute atomic E-state index is 0.262. The van der Waals surface area contributed by atoms with Crippen LogP contribution in [0.1, 0.15) is 33.1 Å². The first-order valence-electron chi connectivity index (χ1n) is 6.18. The van der Waals surface area contributed by atoms with Gasteiger partial charge in [-0.3, -0.25) is 0 Å². The van der Waals surface area contributed by atoms with E-state index in [1.165, 1.54) is 0 Å². The van der Waals surface area contributed by atoms with Gasteiger partial charge in [0.15, 0.2) is 0 Å². The molecular weight excluding hydrogens is 282 g/mol. The third-order valence-corrected chi connectivity index (χ3v) is 4.47. The number of amidine groups is 1. The minimum Gasteiger partial charge on any atom is -0.409 e. The van der Waals surface area contributed by atoms with Crippen LogP contribution in [-0.4, -0.2) is 21.8 Å². The second-order valence-electron chi connectivity index (χ2n) is 4.97. The molecule has 0 spiro atoms. The molecule has 1 aromatic rings. The van der Waals surface area contributed by atoms with Gasteiger partial charge < -0.3 is 10.9 Å². The zero-order chi connectivity index (χ0) is 14.3. The predicted molar refractivity (Wildman–Crippen MR) is 81.0 cm³/mol. The molecule has 19 heavy (non-hydrogen) atoms. The van der Waals surface area contributed by atoms with Crippen molar-refractivity contribution < 1.29 is 5.21 Å². The molecule has 0 aliphatic heterocycles. The molecule has 0 aliphatic rings. The lowest BCUT2D eigenvalue weighted by Crippen LogP contribution is -2.31. The van der Waals surface area contributed by atoms with Gasteiger partial charge in [0, 0.05) is 11.6 Å². The second kappa shape index (κ2) is 7.60. The normalized spacial score (nSPS) is 12.7. The van der Waals surface area contributed by atoms with Crippen molar-refractivity contribution in [1.82, 2.24) is 4.98 Å². The van der Waals surface area contributed by atoms with E-state index in [2.05, 4.69) is 10.1 Å². The molecular formula is C13H20ClN3OS. The van der Waals surface area contributed by atoms with E-state index >= 15 is 0 Å². The summed E-state index contributed by atoms with van der Waals surface area (Å²) < 4.78 is 0. The molecule has 106 valence electrons. The SMILES string of the molecule is CC(C)(CCCCSc1ncccc1Cl)/C(N)=N/O. The molecule has 0 saturated carbocycles. The number of aromatic nitrogens is 1. The van der Waals surface area contributed by atoms with Gasteiger partial charge in [0.1, 0.15) is 10.9 Å². The van der Waals surface area contributed by atoms with Crippen molar-refractivity contribution in [3.63, 3.8) is 0 Å². The van der Waals surface area contributed by atoms with Crippen molar-refractivity contribution in [3.8, 4) is 0 Å². The smallest absolute Gasteiger partial charge is 0.144 e. The van der Waals surface area contributed by atoms with Gasteiger partial charge in [0.05, 0.1) is 5.02 Å². The fraction of sp³-hybridized carbons (Fsp3) is 0.538. The van der Waals surface area contributed by atoms with Crippen molar-refractivity contribution in [2.75, 3.05) is 5.75 Å². The van der Waals surface area contributed by atoms with E-state index in [9.17, 15) is 0 Å². The maximum Gasteiger partial charge on any atom is 0.144 e. The number of nitrogens with two attached hydrogens (primary N) is 1. The fourth-order valence-electron chi connectivity index (χ4n) is 1.58. The van der Waals surface area contributed by atoms with Gasteiger partial charge in [0.25, 0.3) is 0 Å². The molecule has 6 heteroatoms. The first kappa shape index (κ1) is 16.1. The molecule has 3 N–H and O–H groups in total. The number of thioether (sulfide) groups is 1. The van der Waals surface area contributed by atoms with Crippen LogP contribution >= 0.6 is 23.4 Å². The Morgan fingerprint density at radius 1 is 1.53 bits per heavy atom. The average Bonchev–Trinajstić information content (AvgIpc) is 2.39. The number of oxime groups is 1. The Morgan fingerprint density at radius 3 is 2.89 bits per heavy atom. The van der Waals surface area contributed by atoms with E-state index in [0.29, 0.717) is 5.02 Å². The molecule has 0 unspecified atom stereocenters. The van der Waals surface area contributed by atoms with E-state index in [1.54, 1.807) is 18.0 Å². The van der Waals surface area contributed by atoms with E-state index < -0.39 is 0 Å². The highest BCUT2D eigenvalue weighted by atomic mass is 35.5. The number of halogens is 1. The van der Waals surface area contributed by atoms with Crippen LogP contribution in [0.3, 0.4) is 0 Å². The molecule has 1 heterocycles. The Bertz CT molecular complexity index is 438. The predicted octanol–water partition coefficient (Wildman–Crippen LogP) is 3.77. The highest BCUT2D eigenvalue weighted by molar-refractivity contribution is 7.99. The van der Waals surface area contributed by atoms with Crippen LogP contribution in [0.2, 0.25) is 5.02 Å². The molecule has 0 atom stereocenters. The summed E-state index contributed by atoms with van der Waals surface area (Å²) in [5.41, 5.74) is 5.38. The van der Waals surface area contributed by atoms with Crippen molar-refractivity contribution in [2.45, 2.75) is 38.1 Å². The highest BCUT2D eigenvalue weighted by Crippen LogP contribution is 2.27. The number of nitrogens with zero attached hydrogens (tertiary/aromatic N) is 2. The lowest BCUT2D eigenvalue weighted by Gasteiger charge is -2.22. The molecule has 0 amide bonds. The van der Waals surface area contributed by atoms with Gasteiger partial charge >= 0.3 is 0 Å². The van der Waals surface area contributed by atoms with Crippen LogP contribution in [0.4, 0.5) is 0 Å². The summed E-state index contributed by atoms with van der Waals surface area (Å²) in [6, 6.07) is 3.67. The maximum atomic E-state index is 8.69. The van der Waals surface area contributed by atoms with E-state index in [-0.39, 0.29) is 11.3 Å². The monoisotopic (exact) mass is 301 g/mol. The Labute approximate surface area is 123 Å². The van der Waals surface area contributed by atoms with Crippen LogP contribution in [0.5, 0.6) is 0 Å². The number of hydrogen-bond donors (Lipinski definition) is 2. The molecule has 0 aliphatic carbocycles. The van der Waals surface area contributed by atoms with E-state index in [0.717, 1.165) is 30.0 Å². The molecule has 0 bridgehead atoms. The fourth-order valence-corrected chi connectivity index (χ4v) is 2.75. The van der Waals surface area contributed by atoms with Gasteiger partial charge in [-0.2, -0.15) is 0 Å². The van der Waals surface area contributed by atoms with Gasteiger partial charge in [-0.1, -0.05) is 37.0 Å². The van der Waals surface area contributed by atoms with Crippen LogP contribution < -0.4 is 5.73 Å². The summed E-state index contributed by atoms with van der Waals surface area (Å²) in [5, 5.41) is 13.3. The van der Waals surface area contributed by atoms with Crippen molar-refractivity contribution in [3.05, 3.63) is 23.4 Å². The summed E-state index contributed by atoms with van der Waals surface area (Å²) in [6.45, 7) is 3.95. The van der Waals surface area contributed by atoms with Crippen LogP contribution in [0, 0.1) is 5.41 Å². The summed E-state index contributed by atoms with van der Waals surface area (Å²) in [7, 11) is 0. The van der Waals surface area contributed by atoms with Gasteiger partial charge in [-0.15, -0.1) is 11.8 Å². The van der Waals surface area contributed by atoms with Crippen molar-refractivity contribution in [1.29, 1.82) is 0 Å². The Morgan fingerprint density at radius 2 is 2.26 bits per heavy atom. The largest absolute Gasteiger partial charge is 0.409 e. The summed E-state index contributed by atoms with van der Waals surface area (Å²) >= 11 is 7.68. The van der Waals surface area contributed by atoms with E-state index in [1.807, 2.05) is 26.0 Å². The number of unbranched alkanes of at least 4 members (excludes halogenated alkanes) is 1. The first-order chi connectivity index (χ1) is 8.97. The minimum atomic E-state index is -0.262. The Balaban J connectivity index is 2.27. The van der Waals surface area contributed by atoms with E-state index in [4.69, 9.17) is 22.5 Å². The Hall–Kier alpha value is -0.940. The maximum absolute atomic E-state index is 8.69. The molecule has 0 aromatic carbocycles. The average molecular weight is 302 g/mol. The molecule has 0 saturated heterocycles. The third-order valence-electron chi connectivity index (χ3n) is 2.96. The summed E-state index contributed by atoms with van der Waals surface area (Å²) in [5.74, 6) is 1.25. The standard InChI is InChI=1S/C13H20ClN3OS/c1-13(2,12(15)17-18)7-3-4-9-19-11-10(14)6-5-8-16-11/h5-6,8,18H,3-4,7,9H2,1-2H3,(H2,15,17). The molecule has 1 rings (SSSR count). The van der Waals surface area contributed by atoms with Crippen LogP contribution in [-0.2, 0) is 0 Å². The van der Waals surface area contributed by atoms with Gasteiger partial charge in [0.2, 0.25) is 0 Å². The third kappa shape index (κ3) is 5.28. The highest BCUT2D eigenvalue weighted by Gasteiger charge is 2.22. The van der Waals surface area contributed by atoms with Gasteiger partial charge in [-0.25, -0.2) is 4.98 Å². The topological polar surface area (TPSA) is 71.5 Å².